The molecule has 0 aromatic heterocycles. The minimum Gasteiger partial charge on any atom is -0.179 e. The molecule has 0 nitrogen and oxygen atoms in total. The molecule has 1 fully saturated rings. The second-order valence-corrected chi connectivity index (χ2v) is 4.66. The van der Waals surface area contributed by atoms with Gasteiger partial charge in [-0.15, -0.1) is 0 Å². The molecule has 0 bridgehead atoms. The minimum absolute atomic E-state index is 0.624. The predicted octanol–water partition coefficient (Wildman–Crippen LogP) is 3.13. The van der Waals surface area contributed by atoms with Crippen LogP contribution in [0.2, 0.25) is 0 Å². The summed E-state index contributed by atoms with van der Waals surface area (Å²) >= 11 is 4.32. The molecule has 0 heterocycles. The van der Waals surface area contributed by atoms with Crippen LogP contribution in [0.15, 0.2) is 0 Å². The summed E-state index contributed by atoms with van der Waals surface area (Å²) in [5, 5.41) is 0. The van der Waals surface area contributed by atoms with E-state index < -0.39 is 0 Å². The third-order valence-corrected chi connectivity index (χ3v) is 3.23. The van der Waals surface area contributed by atoms with Gasteiger partial charge >= 0.3 is 0 Å². The summed E-state index contributed by atoms with van der Waals surface area (Å²) in [6, 6.07) is 0. The van der Waals surface area contributed by atoms with Crippen molar-refractivity contribution in [3.8, 4) is 0 Å². The molecule has 1 rings (SSSR count). The van der Waals surface area contributed by atoms with Crippen molar-refractivity contribution in [1.82, 2.24) is 0 Å². The van der Waals surface area contributed by atoms with E-state index in [2.05, 4.69) is 26.5 Å². The summed E-state index contributed by atoms with van der Waals surface area (Å²) in [5.74, 6) is 2.01. The first-order valence-corrected chi connectivity index (χ1v) is 4.88. The van der Waals surface area contributed by atoms with Gasteiger partial charge in [-0.05, 0) is 42.8 Å². The quantitative estimate of drug-likeness (QED) is 0.557. The van der Waals surface area contributed by atoms with Gasteiger partial charge in [0.05, 0.1) is 0 Å². The summed E-state index contributed by atoms with van der Waals surface area (Å²) in [6.45, 7) is 4.75. The number of hydrogen-bond donors (Lipinski definition) is 1. The molecular formula is C9H18S. The van der Waals surface area contributed by atoms with Crippen molar-refractivity contribution < 1.29 is 0 Å². The second kappa shape index (κ2) is 3.17. The molecular weight excluding hydrogens is 140 g/mol. The van der Waals surface area contributed by atoms with Gasteiger partial charge in [0.25, 0.3) is 0 Å². The third kappa shape index (κ3) is 2.19. The van der Waals surface area contributed by atoms with Gasteiger partial charge in [0.15, 0.2) is 0 Å². The van der Waals surface area contributed by atoms with Crippen LogP contribution in [0.1, 0.15) is 39.5 Å². The lowest BCUT2D eigenvalue weighted by Crippen LogP contribution is -2.21. The summed E-state index contributed by atoms with van der Waals surface area (Å²) in [5.41, 5.74) is 0.624. The highest BCUT2D eigenvalue weighted by molar-refractivity contribution is 7.80. The SMILES string of the molecule is CC1(C)CCC(CS)CC1. The molecule has 0 radical (unpaired) electrons. The minimum atomic E-state index is 0.624. The number of rotatable bonds is 1. The van der Waals surface area contributed by atoms with E-state index in [1.54, 1.807) is 0 Å². The van der Waals surface area contributed by atoms with Gasteiger partial charge in [-0.1, -0.05) is 13.8 Å². The second-order valence-electron chi connectivity index (χ2n) is 4.29. The number of thiol groups is 1. The Morgan fingerprint density at radius 3 is 2.20 bits per heavy atom. The van der Waals surface area contributed by atoms with E-state index in [4.69, 9.17) is 0 Å². The zero-order chi connectivity index (χ0) is 7.61. The molecule has 1 aliphatic carbocycles. The first-order chi connectivity index (χ1) is 4.64. The molecule has 0 amide bonds. The van der Waals surface area contributed by atoms with Gasteiger partial charge in [-0.25, -0.2) is 0 Å². The van der Waals surface area contributed by atoms with Gasteiger partial charge in [0.2, 0.25) is 0 Å². The van der Waals surface area contributed by atoms with Crippen LogP contribution < -0.4 is 0 Å². The highest BCUT2D eigenvalue weighted by atomic mass is 32.1. The van der Waals surface area contributed by atoms with E-state index >= 15 is 0 Å². The van der Waals surface area contributed by atoms with Crippen LogP contribution in [0, 0.1) is 11.3 Å². The standard InChI is InChI=1S/C9H18S/c1-9(2)5-3-8(7-10)4-6-9/h8,10H,3-7H2,1-2H3. The average Bonchev–Trinajstić information content (AvgIpc) is 1.88. The van der Waals surface area contributed by atoms with E-state index in [1.165, 1.54) is 25.7 Å². The molecule has 0 unspecified atom stereocenters. The molecule has 0 aromatic rings. The van der Waals surface area contributed by atoms with Gasteiger partial charge in [0, 0.05) is 0 Å². The van der Waals surface area contributed by atoms with Crippen LogP contribution in [0.3, 0.4) is 0 Å². The van der Waals surface area contributed by atoms with Crippen LogP contribution in [-0.2, 0) is 0 Å². The molecule has 0 aromatic carbocycles. The lowest BCUT2D eigenvalue weighted by molar-refractivity contribution is 0.203. The molecule has 1 heteroatoms. The van der Waals surface area contributed by atoms with E-state index in [-0.39, 0.29) is 0 Å². The Morgan fingerprint density at radius 1 is 1.30 bits per heavy atom. The fraction of sp³-hybridized carbons (Fsp3) is 1.00. The largest absolute Gasteiger partial charge is 0.179 e. The number of hydrogen-bond acceptors (Lipinski definition) is 1. The van der Waals surface area contributed by atoms with Crippen LogP contribution in [0.25, 0.3) is 0 Å². The van der Waals surface area contributed by atoms with Crippen LogP contribution in [0.5, 0.6) is 0 Å². The zero-order valence-electron chi connectivity index (χ0n) is 7.06. The van der Waals surface area contributed by atoms with Crippen LogP contribution in [0.4, 0.5) is 0 Å². The molecule has 0 aliphatic heterocycles. The van der Waals surface area contributed by atoms with Crippen LogP contribution >= 0.6 is 12.6 Å². The van der Waals surface area contributed by atoms with Crippen molar-refractivity contribution in [1.29, 1.82) is 0 Å². The predicted molar refractivity (Wildman–Crippen MR) is 49.6 cm³/mol. The molecule has 1 saturated carbocycles. The van der Waals surface area contributed by atoms with Gasteiger partial charge in [-0.2, -0.15) is 12.6 Å². The Hall–Kier alpha value is 0.350. The molecule has 0 spiro atoms. The Morgan fingerprint density at radius 2 is 1.80 bits per heavy atom. The van der Waals surface area contributed by atoms with Crippen molar-refractivity contribution in [2.24, 2.45) is 11.3 Å². The lowest BCUT2D eigenvalue weighted by Gasteiger charge is -2.33. The maximum atomic E-state index is 4.32. The van der Waals surface area contributed by atoms with E-state index in [9.17, 15) is 0 Å². The Kier molecular flexibility index (Phi) is 2.67. The van der Waals surface area contributed by atoms with Crippen molar-refractivity contribution >= 4 is 12.6 Å². The van der Waals surface area contributed by atoms with Gasteiger partial charge in [-0.3, -0.25) is 0 Å². The van der Waals surface area contributed by atoms with Crippen molar-refractivity contribution in [3.63, 3.8) is 0 Å². The molecule has 0 N–H and O–H groups in total. The Bertz CT molecular complexity index is 97.3. The van der Waals surface area contributed by atoms with E-state index in [1.807, 2.05) is 0 Å². The Balaban J connectivity index is 2.31. The Labute approximate surface area is 69.8 Å². The van der Waals surface area contributed by atoms with E-state index in [0.29, 0.717) is 5.41 Å². The fourth-order valence-corrected chi connectivity index (χ4v) is 2.01. The summed E-state index contributed by atoms with van der Waals surface area (Å²) < 4.78 is 0. The molecule has 0 saturated heterocycles. The normalized spacial score (nSPS) is 26.7. The highest BCUT2D eigenvalue weighted by Gasteiger charge is 2.25. The summed E-state index contributed by atoms with van der Waals surface area (Å²) in [7, 11) is 0. The van der Waals surface area contributed by atoms with Gasteiger partial charge in [0.1, 0.15) is 0 Å². The first kappa shape index (κ1) is 8.45. The smallest absolute Gasteiger partial charge is 0.00695 e. The maximum absolute atomic E-state index is 4.32. The fourth-order valence-electron chi connectivity index (χ4n) is 1.64. The topological polar surface area (TPSA) is 0 Å². The van der Waals surface area contributed by atoms with Crippen molar-refractivity contribution in [2.45, 2.75) is 39.5 Å². The highest BCUT2D eigenvalue weighted by Crippen LogP contribution is 2.38. The van der Waals surface area contributed by atoms with Crippen molar-refractivity contribution in [2.75, 3.05) is 5.75 Å². The molecule has 10 heavy (non-hydrogen) atoms. The zero-order valence-corrected chi connectivity index (χ0v) is 7.95. The van der Waals surface area contributed by atoms with Crippen LogP contribution in [-0.4, -0.2) is 5.75 Å². The molecule has 0 atom stereocenters. The van der Waals surface area contributed by atoms with E-state index in [0.717, 1.165) is 11.7 Å². The van der Waals surface area contributed by atoms with Crippen molar-refractivity contribution in [3.05, 3.63) is 0 Å². The molecule has 60 valence electrons. The molecule has 1 aliphatic rings. The van der Waals surface area contributed by atoms with Gasteiger partial charge < -0.3 is 0 Å². The average molecular weight is 158 g/mol. The lowest BCUT2D eigenvalue weighted by atomic mass is 9.74. The summed E-state index contributed by atoms with van der Waals surface area (Å²) in [4.78, 5) is 0. The maximum Gasteiger partial charge on any atom is -0.00695 e. The first-order valence-electron chi connectivity index (χ1n) is 4.25. The summed E-state index contributed by atoms with van der Waals surface area (Å²) in [6.07, 6.45) is 5.60. The monoisotopic (exact) mass is 158 g/mol. The third-order valence-electron chi connectivity index (χ3n) is 2.72.